The molecule has 0 aliphatic carbocycles. The van der Waals surface area contributed by atoms with Gasteiger partial charge in [-0.2, -0.15) is 0 Å². The predicted octanol–water partition coefficient (Wildman–Crippen LogP) is 3.66. The number of amides is 1. The average Bonchev–Trinajstić information content (AvgIpc) is 2.52. The highest BCUT2D eigenvalue weighted by atomic mass is 35.5. The molecule has 1 atom stereocenters. The average molecular weight is 363 g/mol. The van der Waals surface area contributed by atoms with Crippen LogP contribution >= 0.6 is 23.2 Å². The molecule has 0 saturated carbocycles. The van der Waals surface area contributed by atoms with Gasteiger partial charge in [0.05, 0.1) is 23.3 Å². The molecule has 2 heterocycles. The first-order valence-corrected chi connectivity index (χ1v) is 8.11. The summed E-state index contributed by atoms with van der Waals surface area (Å²) in [5.41, 5.74) is 1.45. The normalized spacial score (nSPS) is 20.9. The fourth-order valence-electron chi connectivity index (χ4n) is 2.69. The van der Waals surface area contributed by atoms with E-state index in [2.05, 4.69) is 10.3 Å². The summed E-state index contributed by atoms with van der Waals surface area (Å²) in [6.45, 7) is 1.86. The van der Waals surface area contributed by atoms with Gasteiger partial charge in [-0.25, -0.2) is 0 Å². The van der Waals surface area contributed by atoms with Crippen LogP contribution in [0.2, 0.25) is 10.0 Å². The number of hydrogen-bond acceptors (Lipinski definition) is 3. The maximum Gasteiger partial charge on any atom is 0.231 e. The van der Waals surface area contributed by atoms with Crippen LogP contribution < -0.4 is 5.32 Å². The summed E-state index contributed by atoms with van der Waals surface area (Å²) in [6, 6.07) is 10.8. The molecule has 24 heavy (non-hydrogen) atoms. The Bertz CT molecular complexity index is 799. The van der Waals surface area contributed by atoms with Crippen molar-refractivity contribution in [2.24, 2.45) is 0 Å². The largest absolute Gasteiger partial charge is 0.345 e. The Morgan fingerprint density at radius 1 is 1.25 bits per heavy atom. The number of halogens is 2. The second-order valence-corrected chi connectivity index (χ2v) is 6.87. The van der Waals surface area contributed by atoms with E-state index < -0.39 is 5.54 Å². The van der Waals surface area contributed by atoms with E-state index in [9.17, 15) is 4.79 Å². The van der Waals surface area contributed by atoms with E-state index in [1.165, 1.54) is 4.90 Å². The molecule has 1 aliphatic rings. The van der Waals surface area contributed by atoms with Crippen LogP contribution in [0.15, 0.2) is 36.4 Å². The maximum absolute atomic E-state index is 12.1. The molecule has 0 radical (unpaired) electrons. The Labute approximate surface area is 150 Å². The molecule has 7 heteroatoms. The molecule has 2 aromatic rings. The summed E-state index contributed by atoms with van der Waals surface area (Å²) < 4.78 is 0. The van der Waals surface area contributed by atoms with E-state index in [-0.39, 0.29) is 18.3 Å². The van der Waals surface area contributed by atoms with Crippen LogP contribution in [0.5, 0.6) is 0 Å². The van der Waals surface area contributed by atoms with E-state index in [0.29, 0.717) is 21.4 Å². The summed E-state index contributed by atoms with van der Waals surface area (Å²) >= 11 is 12.1. The Balaban J connectivity index is 2.01. The first-order chi connectivity index (χ1) is 11.3. The number of pyridine rings is 1. The van der Waals surface area contributed by atoms with Crippen molar-refractivity contribution in [1.82, 2.24) is 15.2 Å². The van der Waals surface area contributed by atoms with Crippen molar-refractivity contribution in [1.29, 1.82) is 5.41 Å². The van der Waals surface area contributed by atoms with E-state index >= 15 is 0 Å². The molecule has 0 spiro atoms. The number of benzene rings is 1. The van der Waals surface area contributed by atoms with E-state index in [4.69, 9.17) is 28.6 Å². The number of rotatable bonds is 2. The monoisotopic (exact) mass is 362 g/mol. The highest BCUT2D eigenvalue weighted by Crippen LogP contribution is 2.31. The number of nitrogens with one attached hydrogen (secondary N) is 2. The van der Waals surface area contributed by atoms with Gasteiger partial charge in [0, 0.05) is 22.7 Å². The molecule has 0 bridgehead atoms. The molecular formula is C17H16Cl2N4O. The van der Waals surface area contributed by atoms with Crippen LogP contribution in [0.3, 0.4) is 0 Å². The molecule has 1 aromatic heterocycles. The molecule has 1 fully saturated rings. The topological polar surface area (TPSA) is 69.1 Å². The molecule has 124 valence electrons. The zero-order chi connectivity index (χ0) is 17.5. The van der Waals surface area contributed by atoms with Crippen LogP contribution in [0, 0.1) is 5.41 Å². The van der Waals surface area contributed by atoms with Gasteiger partial charge in [0.1, 0.15) is 0 Å². The van der Waals surface area contributed by atoms with Crippen molar-refractivity contribution in [3.8, 4) is 11.3 Å². The van der Waals surface area contributed by atoms with Crippen molar-refractivity contribution < 1.29 is 4.79 Å². The molecule has 0 unspecified atom stereocenters. The summed E-state index contributed by atoms with van der Waals surface area (Å²) in [7, 11) is 1.58. The van der Waals surface area contributed by atoms with Crippen LogP contribution in [-0.4, -0.2) is 28.8 Å². The van der Waals surface area contributed by atoms with Gasteiger partial charge in [0.25, 0.3) is 0 Å². The van der Waals surface area contributed by atoms with Gasteiger partial charge < -0.3 is 5.32 Å². The third kappa shape index (κ3) is 3.09. The second-order valence-electron chi connectivity index (χ2n) is 6.00. The second kappa shape index (κ2) is 6.07. The van der Waals surface area contributed by atoms with Crippen molar-refractivity contribution in [2.75, 3.05) is 7.05 Å². The first kappa shape index (κ1) is 16.7. The molecule has 3 rings (SSSR count). The standard InChI is InChI=1S/C17H16Cl2N4O/c1-17(9-15(24)23(2)16(20)22-17)14-5-3-4-13(21-14)10-6-11(18)8-12(19)7-10/h3-8H,9H2,1-2H3,(H2,20,22)/t17-/m0/s1. The lowest BCUT2D eigenvalue weighted by Crippen LogP contribution is -2.58. The number of aromatic nitrogens is 1. The zero-order valence-electron chi connectivity index (χ0n) is 13.2. The minimum atomic E-state index is -0.737. The van der Waals surface area contributed by atoms with E-state index in [0.717, 1.165) is 5.56 Å². The van der Waals surface area contributed by atoms with Crippen molar-refractivity contribution in [3.05, 3.63) is 52.1 Å². The summed E-state index contributed by atoms with van der Waals surface area (Å²) in [5.74, 6) is -0.0639. The van der Waals surface area contributed by atoms with Crippen molar-refractivity contribution in [3.63, 3.8) is 0 Å². The predicted molar refractivity (Wildman–Crippen MR) is 95.3 cm³/mol. The third-order valence-electron chi connectivity index (χ3n) is 4.08. The Morgan fingerprint density at radius 3 is 2.54 bits per heavy atom. The maximum atomic E-state index is 12.1. The number of nitrogens with zero attached hydrogens (tertiary/aromatic N) is 2. The van der Waals surface area contributed by atoms with E-state index in [1.54, 1.807) is 25.2 Å². The first-order valence-electron chi connectivity index (χ1n) is 7.36. The quantitative estimate of drug-likeness (QED) is 0.856. The lowest BCUT2D eigenvalue weighted by molar-refractivity contribution is -0.129. The highest BCUT2D eigenvalue weighted by Gasteiger charge is 2.39. The lowest BCUT2D eigenvalue weighted by atomic mass is 9.90. The van der Waals surface area contributed by atoms with Gasteiger partial charge >= 0.3 is 0 Å². The van der Waals surface area contributed by atoms with Crippen LogP contribution in [0.4, 0.5) is 0 Å². The fraction of sp³-hybridized carbons (Fsp3) is 0.235. The van der Waals surface area contributed by atoms with Crippen LogP contribution in [0.1, 0.15) is 19.0 Å². The Morgan fingerprint density at radius 2 is 1.92 bits per heavy atom. The zero-order valence-corrected chi connectivity index (χ0v) is 14.7. The summed E-state index contributed by atoms with van der Waals surface area (Å²) in [4.78, 5) is 18.1. The van der Waals surface area contributed by atoms with Gasteiger partial charge in [-0.1, -0.05) is 29.3 Å². The van der Waals surface area contributed by atoms with Gasteiger partial charge in [0.2, 0.25) is 5.91 Å². The lowest BCUT2D eigenvalue weighted by Gasteiger charge is -2.38. The van der Waals surface area contributed by atoms with Crippen LogP contribution in [-0.2, 0) is 10.3 Å². The molecular weight excluding hydrogens is 347 g/mol. The highest BCUT2D eigenvalue weighted by molar-refractivity contribution is 6.35. The van der Waals surface area contributed by atoms with Gasteiger partial charge in [0.15, 0.2) is 5.96 Å². The molecule has 2 N–H and O–H groups in total. The van der Waals surface area contributed by atoms with Gasteiger partial charge in [-0.3, -0.25) is 20.1 Å². The summed E-state index contributed by atoms with van der Waals surface area (Å²) in [5, 5.41) is 12.1. The summed E-state index contributed by atoms with van der Waals surface area (Å²) in [6.07, 6.45) is 0.221. The Kier molecular flexibility index (Phi) is 4.24. The smallest absolute Gasteiger partial charge is 0.231 e. The number of hydrogen-bond donors (Lipinski definition) is 2. The SMILES string of the molecule is CN1C(=N)N[C@](C)(c2cccc(-c3cc(Cl)cc(Cl)c3)n2)CC1=O. The molecule has 1 amide bonds. The Hall–Kier alpha value is -2.11. The minimum Gasteiger partial charge on any atom is -0.345 e. The van der Waals surface area contributed by atoms with Crippen molar-refractivity contribution in [2.45, 2.75) is 18.9 Å². The fourth-order valence-corrected chi connectivity index (χ4v) is 3.22. The van der Waals surface area contributed by atoms with E-state index in [1.807, 2.05) is 25.1 Å². The number of carbonyl (C=O) groups is 1. The minimum absolute atomic E-state index is 0.0618. The van der Waals surface area contributed by atoms with Crippen molar-refractivity contribution >= 4 is 35.1 Å². The van der Waals surface area contributed by atoms with Gasteiger partial charge in [-0.05, 0) is 37.3 Å². The number of guanidine groups is 1. The molecule has 1 aliphatic heterocycles. The number of carbonyl (C=O) groups excluding carboxylic acids is 1. The molecule has 1 saturated heterocycles. The van der Waals surface area contributed by atoms with Gasteiger partial charge in [-0.15, -0.1) is 0 Å². The third-order valence-corrected chi connectivity index (χ3v) is 4.52. The molecule has 1 aromatic carbocycles. The van der Waals surface area contributed by atoms with Crippen LogP contribution in [0.25, 0.3) is 11.3 Å². The molecule has 5 nitrogen and oxygen atoms in total.